The molecule has 1 aliphatic heterocycles. The number of rotatable bonds is 5. The summed E-state index contributed by atoms with van der Waals surface area (Å²) >= 11 is 0. The molecule has 3 rings (SSSR count). The number of hydrogen-bond donors (Lipinski definition) is 0. The first-order valence-electron chi connectivity index (χ1n) is 8.40. The lowest BCUT2D eigenvalue weighted by Gasteiger charge is -2.34. The van der Waals surface area contributed by atoms with Gasteiger partial charge in [0.1, 0.15) is 11.5 Å². The first-order valence-corrected chi connectivity index (χ1v) is 8.40. The Balaban J connectivity index is 1.88. The van der Waals surface area contributed by atoms with Gasteiger partial charge in [-0.05, 0) is 32.9 Å². The van der Waals surface area contributed by atoms with Crippen LogP contribution in [0.5, 0.6) is 0 Å². The van der Waals surface area contributed by atoms with E-state index < -0.39 is 0 Å². The minimum atomic E-state index is 0.0756. The van der Waals surface area contributed by atoms with Crippen molar-refractivity contribution in [1.82, 2.24) is 15.0 Å². The SMILES string of the molecule is CCOCC1CN(c2nc(-c3ccccn3)nc(C)c2C)CCO1. The molecule has 2 aromatic heterocycles. The van der Waals surface area contributed by atoms with E-state index in [0.29, 0.717) is 25.6 Å². The molecule has 1 saturated heterocycles. The maximum absolute atomic E-state index is 5.79. The van der Waals surface area contributed by atoms with E-state index >= 15 is 0 Å². The molecule has 0 N–H and O–H groups in total. The molecule has 128 valence electrons. The zero-order valence-electron chi connectivity index (χ0n) is 14.5. The lowest BCUT2D eigenvalue weighted by atomic mass is 10.2. The number of hydrogen-bond acceptors (Lipinski definition) is 6. The Bertz CT molecular complexity index is 678. The van der Waals surface area contributed by atoms with Crippen LogP contribution in [0.4, 0.5) is 5.82 Å². The van der Waals surface area contributed by atoms with Crippen LogP contribution in [0.2, 0.25) is 0 Å². The minimum Gasteiger partial charge on any atom is -0.379 e. The molecule has 1 aliphatic rings. The predicted octanol–water partition coefficient (Wildman–Crippen LogP) is 2.40. The fourth-order valence-corrected chi connectivity index (χ4v) is 2.79. The van der Waals surface area contributed by atoms with Gasteiger partial charge in [-0.3, -0.25) is 4.98 Å². The molecule has 1 unspecified atom stereocenters. The van der Waals surface area contributed by atoms with E-state index in [9.17, 15) is 0 Å². The summed E-state index contributed by atoms with van der Waals surface area (Å²) in [5, 5.41) is 0. The van der Waals surface area contributed by atoms with Crippen LogP contribution >= 0.6 is 0 Å². The second-order valence-corrected chi connectivity index (χ2v) is 5.89. The molecule has 3 heterocycles. The quantitative estimate of drug-likeness (QED) is 0.840. The van der Waals surface area contributed by atoms with Crippen molar-refractivity contribution in [2.75, 3.05) is 37.8 Å². The van der Waals surface area contributed by atoms with E-state index in [4.69, 9.17) is 14.5 Å². The summed E-state index contributed by atoms with van der Waals surface area (Å²) in [4.78, 5) is 16.0. The molecule has 0 aliphatic carbocycles. The molecule has 0 radical (unpaired) electrons. The molecular weight excluding hydrogens is 304 g/mol. The highest BCUT2D eigenvalue weighted by Gasteiger charge is 2.24. The van der Waals surface area contributed by atoms with Gasteiger partial charge in [0.25, 0.3) is 0 Å². The Labute approximate surface area is 142 Å². The maximum Gasteiger partial charge on any atom is 0.180 e. The second kappa shape index (κ2) is 7.68. The number of anilines is 1. The topological polar surface area (TPSA) is 60.4 Å². The standard InChI is InChI=1S/C18H24N4O2/c1-4-23-12-15-11-22(9-10-24-15)18-13(2)14(3)20-17(21-18)16-7-5-6-8-19-16/h5-8,15H,4,9-12H2,1-3H3. The van der Waals surface area contributed by atoms with E-state index in [0.717, 1.165) is 35.9 Å². The molecule has 0 amide bonds. The van der Waals surface area contributed by atoms with Crippen LogP contribution in [-0.2, 0) is 9.47 Å². The van der Waals surface area contributed by atoms with Gasteiger partial charge in [0.05, 0.1) is 19.3 Å². The monoisotopic (exact) mass is 328 g/mol. The third-order valence-corrected chi connectivity index (χ3v) is 4.20. The molecule has 0 spiro atoms. The van der Waals surface area contributed by atoms with E-state index in [-0.39, 0.29) is 6.10 Å². The van der Waals surface area contributed by atoms with Crippen LogP contribution in [0.25, 0.3) is 11.5 Å². The molecule has 6 heteroatoms. The van der Waals surface area contributed by atoms with E-state index in [1.165, 1.54) is 0 Å². The number of nitrogens with zero attached hydrogens (tertiary/aromatic N) is 4. The molecular formula is C18H24N4O2. The largest absolute Gasteiger partial charge is 0.379 e. The predicted molar refractivity (Wildman–Crippen MR) is 93.2 cm³/mol. The Morgan fingerprint density at radius 3 is 2.92 bits per heavy atom. The number of aromatic nitrogens is 3. The summed E-state index contributed by atoms with van der Waals surface area (Å²) < 4.78 is 11.3. The van der Waals surface area contributed by atoms with Crippen molar-refractivity contribution >= 4 is 5.82 Å². The lowest BCUT2D eigenvalue weighted by molar-refractivity contribution is -0.0209. The molecule has 1 fully saturated rings. The van der Waals surface area contributed by atoms with Gasteiger partial charge in [-0.1, -0.05) is 6.07 Å². The zero-order valence-corrected chi connectivity index (χ0v) is 14.5. The highest BCUT2D eigenvalue weighted by atomic mass is 16.5. The fourth-order valence-electron chi connectivity index (χ4n) is 2.79. The third kappa shape index (κ3) is 3.71. The summed E-state index contributed by atoms with van der Waals surface area (Å²) in [5.41, 5.74) is 2.88. The van der Waals surface area contributed by atoms with Gasteiger partial charge < -0.3 is 14.4 Å². The molecule has 24 heavy (non-hydrogen) atoms. The van der Waals surface area contributed by atoms with E-state index in [2.05, 4.69) is 21.8 Å². The van der Waals surface area contributed by atoms with E-state index in [1.54, 1.807) is 6.20 Å². The maximum atomic E-state index is 5.79. The van der Waals surface area contributed by atoms with E-state index in [1.807, 2.05) is 32.0 Å². The number of ether oxygens (including phenoxy) is 2. The average molecular weight is 328 g/mol. The summed E-state index contributed by atoms with van der Waals surface area (Å²) in [6.07, 6.45) is 1.84. The summed E-state index contributed by atoms with van der Waals surface area (Å²) in [7, 11) is 0. The highest BCUT2D eigenvalue weighted by molar-refractivity contribution is 5.57. The van der Waals surface area contributed by atoms with Crippen molar-refractivity contribution in [3.8, 4) is 11.5 Å². The van der Waals surface area contributed by atoms with Crippen LogP contribution < -0.4 is 4.90 Å². The van der Waals surface area contributed by atoms with Crippen LogP contribution in [0.15, 0.2) is 24.4 Å². The Morgan fingerprint density at radius 1 is 1.29 bits per heavy atom. The third-order valence-electron chi connectivity index (χ3n) is 4.20. The Hall–Kier alpha value is -2.05. The summed E-state index contributed by atoms with van der Waals surface area (Å²) in [6, 6.07) is 5.78. The van der Waals surface area contributed by atoms with Crippen molar-refractivity contribution in [2.45, 2.75) is 26.9 Å². The Kier molecular flexibility index (Phi) is 5.37. The number of pyridine rings is 1. The second-order valence-electron chi connectivity index (χ2n) is 5.89. The molecule has 0 saturated carbocycles. The number of aryl methyl sites for hydroxylation is 1. The Morgan fingerprint density at radius 2 is 2.17 bits per heavy atom. The van der Waals surface area contributed by atoms with Crippen molar-refractivity contribution in [3.05, 3.63) is 35.7 Å². The van der Waals surface area contributed by atoms with Gasteiger partial charge in [0, 0.05) is 37.2 Å². The molecule has 0 aromatic carbocycles. The van der Waals surface area contributed by atoms with Gasteiger partial charge in [-0.2, -0.15) is 0 Å². The van der Waals surface area contributed by atoms with Crippen molar-refractivity contribution in [2.24, 2.45) is 0 Å². The first kappa shape index (κ1) is 16.8. The minimum absolute atomic E-state index is 0.0756. The molecule has 6 nitrogen and oxygen atoms in total. The van der Waals surface area contributed by atoms with Crippen LogP contribution in [0.1, 0.15) is 18.2 Å². The van der Waals surface area contributed by atoms with Gasteiger partial charge in [-0.15, -0.1) is 0 Å². The smallest absolute Gasteiger partial charge is 0.180 e. The highest BCUT2D eigenvalue weighted by Crippen LogP contribution is 2.25. The lowest BCUT2D eigenvalue weighted by Crippen LogP contribution is -2.45. The normalized spacial score (nSPS) is 18.0. The fraction of sp³-hybridized carbons (Fsp3) is 0.500. The molecule has 1 atom stereocenters. The average Bonchev–Trinajstić information content (AvgIpc) is 2.63. The summed E-state index contributed by atoms with van der Waals surface area (Å²) in [5.74, 6) is 1.63. The van der Waals surface area contributed by atoms with Crippen molar-refractivity contribution in [3.63, 3.8) is 0 Å². The van der Waals surface area contributed by atoms with Gasteiger partial charge in [0.15, 0.2) is 5.82 Å². The van der Waals surface area contributed by atoms with Gasteiger partial charge in [0.2, 0.25) is 0 Å². The van der Waals surface area contributed by atoms with Crippen LogP contribution in [0, 0.1) is 13.8 Å². The van der Waals surface area contributed by atoms with Crippen LogP contribution in [0.3, 0.4) is 0 Å². The molecule has 0 bridgehead atoms. The first-order chi connectivity index (χ1) is 11.7. The van der Waals surface area contributed by atoms with Crippen molar-refractivity contribution in [1.29, 1.82) is 0 Å². The zero-order chi connectivity index (χ0) is 16.9. The number of morpholine rings is 1. The van der Waals surface area contributed by atoms with Gasteiger partial charge >= 0.3 is 0 Å². The molecule has 2 aromatic rings. The van der Waals surface area contributed by atoms with Crippen molar-refractivity contribution < 1.29 is 9.47 Å². The van der Waals surface area contributed by atoms with Gasteiger partial charge in [-0.25, -0.2) is 9.97 Å². The van der Waals surface area contributed by atoms with Crippen LogP contribution in [-0.4, -0.2) is 54.0 Å². The summed E-state index contributed by atoms with van der Waals surface area (Å²) in [6.45, 7) is 9.68.